The summed E-state index contributed by atoms with van der Waals surface area (Å²) in [6.07, 6.45) is 8.82. The minimum absolute atomic E-state index is 0. The minimum atomic E-state index is -4.97. The van der Waals surface area contributed by atoms with Gasteiger partial charge in [0.05, 0.1) is 0 Å². The summed E-state index contributed by atoms with van der Waals surface area (Å²) in [7, 11) is 0. The van der Waals surface area contributed by atoms with E-state index in [1.54, 1.807) is 0 Å². The molecule has 0 aliphatic heterocycles. The van der Waals surface area contributed by atoms with Gasteiger partial charge in [-0.3, -0.25) is 0 Å². The predicted octanol–water partition coefficient (Wildman–Crippen LogP) is 10.2. The van der Waals surface area contributed by atoms with Crippen LogP contribution in [0, 0.1) is 0 Å². The molecule has 0 saturated carbocycles. The molecule has 2 aliphatic rings. The second-order valence-corrected chi connectivity index (χ2v) is 32.4. The number of allylic oxidation sites excluding steroid dienone is 4. The molecule has 8 rings (SSSR count). The fourth-order valence-corrected chi connectivity index (χ4v) is 30.6. The van der Waals surface area contributed by atoms with Crippen molar-refractivity contribution in [3.8, 4) is 11.1 Å². The summed E-state index contributed by atoms with van der Waals surface area (Å²) in [5.41, 5.74) is 5.63. The van der Waals surface area contributed by atoms with E-state index >= 15 is 0 Å². The van der Waals surface area contributed by atoms with Gasteiger partial charge in [0.15, 0.2) is 0 Å². The van der Waals surface area contributed by atoms with E-state index < -0.39 is 18.0 Å². The topological polar surface area (TPSA) is 0 Å². The molecule has 6 aromatic carbocycles. The van der Waals surface area contributed by atoms with Gasteiger partial charge >= 0.3 is 267 Å². The Labute approximate surface area is 288 Å². The molecule has 0 bridgehead atoms. The Hall–Kier alpha value is -2.40. The van der Waals surface area contributed by atoms with E-state index in [9.17, 15) is 0 Å². The molecule has 218 valence electrons. The van der Waals surface area contributed by atoms with Gasteiger partial charge in [-0.2, -0.15) is 0 Å². The molecule has 0 N–H and O–H groups in total. The summed E-state index contributed by atoms with van der Waals surface area (Å²) in [5.74, 6) is 0. The molecule has 2 aliphatic carbocycles. The van der Waals surface area contributed by atoms with Crippen LogP contribution in [0.15, 0.2) is 146 Å². The molecule has 0 spiro atoms. The van der Waals surface area contributed by atoms with E-state index in [1.807, 2.05) is 0 Å². The van der Waals surface area contributed by atoms with Gasteiger partial charge in [-0.25, -0.2) is 0 Å². The third-order valence-electron chi connectivity index (χ3n) is 9.85. The van der Waals surface area contributed by atoms with Crippen LogP contribution >= 0.6 is 56.7 Å². The van der Waals surface area contributed by atoms with Gasteiger partial charge in [-0.1, -0.05) is 0 Å². The van der Waals surface area contributed by atoms with Crippen LogP contribution in [0.2, 0.25) is 0 Å². The number of hydrogen-bond donors (Lipinski definition) is 0. The molecule has 6 aromatic rings. The monoisotopic (exact) mass is 906 g/mol. The van der Waals surface area contributed by atoms with Crippen LogP contribution in [0.25, 0.3) is 32.7 Å². The Kier molecular flexibility index (Phi) is 8.44. The molecule has 0 fully saturated rings. The Balaban J connectivity index is 0.00000171. The van der Waals surface area contributed by atoms with Gasteiger partial charge in [0.25, 0.3) is 0 Å². The zero-order valence-electron chi connectivity index (χ0n) is 23.9. The number of fused-ring (bicyclic) bond motifs is 8. The van der Waals surface area contributed by atoms with E-state index in [0.717, 1.165) is 21.8 Å². The van der Waals surface area contributed by atoms with E-state index in [-0.39, 0.29) is 24.8 Å². The second kappa shape index (κ2) is 11.8. The van der Waals surface area contributed by atoms with Gasteiger partial charge in [-0.15, -0.1) is 24.8 Å². The van der Waals surface area contributed by atoms with Crippen molar-refractivity contribution in [3.63, 3.8) is 0 Å². The molecule has 0 heterocycles. The van der Waals surface area contributed by atoms with Crippen molar-refractivity contribution in [1.29, 1.82) is 0 Å². The number of halogens is 4. The molecule has 0 nitrogen and oxygen atoms in total. The van der Waals surface area contributed by atoms with E-state index in [1.165, 1.54) is 57.1 Å². The Morgan fingerprint density at radius 1 is 0.614 bits per heavy atom. The zero-order valence-corrected chi connectivity index (χ0v) is 32.3. The number of rotatable bonds is 4. The van der Waals surface area contributed by atoms with Crippen LogP contribution in [0.1, 0.15) is 17.5 Å². The maximum absolute atomic E-state index is 5.64. The summed E-state index contributed by atoms with van der Waals surface area (Å²) >= 11 is 2.49. The van der Waals surface area contributed by atoms with Crippen LogP contribution in [-0.4, -0.2) is 4.26 Å². The summed E-state index contributed by atoms with van der Waals surface area (Å²) in [6, 6.07) is 43.3. The molecule has 44 heavy (non-hydrogen) atoms. The summed E-state index contributed by atoms with van der Waals surface area (Å²) < 4.78 is 13.5. The molecular weight excluding hydrogens is 878 g/mol. The molecule has 0 amide bonds. The summed E-state index contributed by atoms with van der Waals surface area (Å²) in [4.78, 5) is 0. The molecule has 0 atom stereocenters. The fraction of sp³-hybridized carbons (Fsp3) is 0.0513. The molecule has 0 unspecified atom stereocenters. The van der Waals surface area contributed by atoms with Gasteiger partial charge in [0, 0.05) is 0 Å². The van der Waals surface area contributed by atoms with E-state index in [4.69, 9.17) is 4.26 Å². The Morgan fingerprint density at radius 2 is 1.20 bits per heavy atom. The summed E-state index contributed by atoms with van der Waals surface area (Å²) in [6.45, 7) is 0. The standard InChI is InChI=1S/C21H13.2C6H4Br.C5H5.CH2.2ClH.Hf/c1-2-8-15-14(7-1)13-20-18-11-4-3-9-16(18)17-10-5-6-12-19(17)21(15)20;2*7-6-4-2-1-3-5-6;1-2-4-5-3-1;;;;/h1-10,12H,13H2;2*2-5H;1-3H,4H2;1H2;2*1H;. The van der Waals surface area contributed by atoms with Crippen molar-refractivity contribution in [3.05, 3.63) is 157 Å². The van der Waals surface area contributed by atoms with Crippen LogP contribution in [-0.2, 0) is 24.4 Å². The van der Waals surface area contributed by atoms with E-state index in [0.29, 0.717) is 0 Å². The maximum atomic E-state index is 5.64. The SMILES string of the molecule is Cl.Cl.[CH2]=[Hf]([C]1=CC=CC1)([c]1ccc(Br)cc1)([c]1ccc(Br)cc1)[c]1cccc2c1c1c(c3ccccc32)-c2ccccc2C1. The van der Waals surface area contributed by atoms with Crippen molar-refractivity contribution in [2.45, 2.75) is 12.8 Å². The van der Waals surface area contributed by atoms with Crippen LogP contribution in [0.5, 0.6) is 0 Å². The predicted molar refractivity (Wildman–Crippen MR) is 200 cm³/mol. The first-order valence-corrected chi connectivity index (χ1v) is 25.8. The van der Waals surface area contributed by atoms with Crippen LogP contribution < -0.4 is 9.96 Å². The van der Waals surface area contributed by atoms with Crippen molar-refractivity contribution < 1.29 is 18.0 Å². The molecule has 0 saturated heterocycles. The third-order valence-corrected chi connectivity index (χ3v) is 34.6. The quantitative estimate of drug-likeness (QED) is 0.122. The Bertz CT molecular complexity index is 2160. The Morgan fingerprint density at radius 3 is 1.84 bits per heavy atom. The van der Waals surface area contributed by atoms with Crippen molar-refractivity contribution in [2.75, 3.05) is 0 Å². The molecule has 5 heteroatoms. The zero-order chi connectivity index (χ0) is 28.5. The molecule has 0 aromatic heterocycles. The van der Waals surface area contributed by atoms with Crippen molar-refractivity contribution in [1.82, 2.24) is 0 Å². The first kappa shape index (κ1) is 31.6. The van der Waals surface area contributed by atoms with Gasteiger partial charge in [0.1, 0.15) is 0 Å². The number of benzene rings is 6. The van der Waals surface area contributed by atoms with Crippen molar-refractivity contribution >= 4 is 92.4 Å². The fourth-order valence-electron chi connectivity index (χ4n) is 7.89. The number of hydrogen-bond acceptors (Lipinski definition) is 0. The van der Waals surface area contributed by atoms with Crippen LogP contribution in [0.3, 0.4) is 0 Å². The first-order valence-electron chi connectivity index (χ1n) is 14.4. The molecule has 0 radical (unpaired) electrons. The molecular formula is C39H30Br2Cl2Hf. The van der Waals surface area contributed by atoms with Crippen molar-refractivity contribution in [2.24, 2.45) is 0 Å². The normalized spacial score (nSPS) is 13.7. The van der Waals surface area contributed by atoms with Gasteiger partial charge in [-0.05, 0) is 0 Å². The summed E-state index contributed by atoms with van der Waals surface area (Å²) in [5, 5.41) is 5.41. The average molecular weight is 908 g/mol. The first-order chi connectivity index (χ1) is 20.5. The van der Waals surface area contributed by atoms with E-state index in [2.05, 4.69) is 165 Å². The van der Waals surface area contributed by atoms with Crippen LogP contribution in [0.4, 0.5) is 0 Å². The average Bonchev–Trinajstić information content (AvgIpc) is 3.71. The van der Waals surface area contributed by atoms with Gasteiger partial charge < -0.3 is 0 Å². The van der Waals surface area contributed by atoms with Gasteiger partial charge in [0.2, 0.25) is 0 Å². The second-order valence-electron chi connectivity index (χ2n) is 11.8. The third kappa shape index (κ3) is 4.34.